The predicted octanol–water partition coefficient (Wildman–Crippen LogP) is 4.62. The minimum Gasteiger partial charge on any atom is -0.495 e. The van der Waals surface area contributed by atoms with Crippen molar-refractivity contribution < 1.29 is 4.74 Å². The molecule has 2 rings (SSSR count). The third-order valence-corrected chi connectivity index (χ3v) is 4.28. The molecule has 0 atom stereocenters. The molecule has 0 radical (unpaired) electrons. The third kappa shape index (κ3) is 4.27. The molecule has 2 aromatic rings. The highest BCUT2D eigenvalue weighted by Gasteiger charge is 2.04. The van der Waals surface area contributed by atoms with E-state index in [0.717, 1.165) is 17.1 Å². The summed E-state index contributed by atoms with van der Waals surface area (Å²) in [7, 11) is 1.59. The number of methoxy groups -OCH3 is 1. The molecule has 0 aliphatic heterocycles. The molecule has 0 spiro atoms. The molecule has 0 bridgehead atoms. The molecule has 0 N–H and O–H groups in total. The fourth-order valence-corrected chi connectivity index (χ4v) is 3.29. The number of rotatable bonds is 5. The zero-order valence-electron chi connectivity index (χ0n) is 12.6. The summed E-state index contributed by atoms with van der Waals surface area (Å²) in [6, 6.07) is 14.6. The maximum absolute atomic E-state index is 9.10. The van der Waals surface area contributed by atoms with Gasteiger partial charge in [0.2, 0.25) is 0 Å². The number of nitriles is 1. The summed E-state index contributed by atoms with van der Waals surface area (Å²) < 4.78 is 5.16. The average molecular weight is 297 g/mol. The van der Waals surface area contributed by atoms with Gasteiger partial charge in [0.25, 0.3) is 0 Å². The highest BCUT2D eigenvalue weighted by atomic mass is 32.2. The molecule has 21 heavy (non-hydrogen) atoms. The van der Waals surface area contributed by atoms with Crippen molar-refractivity contribution in [2.24, 2.45) is 0 Å². The zero-order chi connectivity index (χ0) is 15.2. The molecule has 0 aliphatic rings. The van der Waals surface area contributed by atoms with Crippen LogP contribution >= 0.6 is 11.8 Å². The fourth-order valence-electron chi connectivity index (χ4n) is 2.37. The molecule has 0 unspecified atom stereocenters. The molecule has 0 saturated carbocycles. The molecule has 0 aliphatic carbocycles. The van der Waals surface area contributed by atoms with E-state index in [9.17, 15) is 0 Å². The van der Waals surface area contributed by atoms with Crippen molar-refractivity contribution in [3.63, 3.8) is 0 Å². The SMILES string of the molecule is COc1ccc(CSCc2cc(C)cc(C)c2)cc1C#N. The average Bonchev–Trinajstić information content (AvgIpc) is 2.46. The minimum absolute atomic E-state index is 0.599. The summed E-state index contributed by atoms with van der Waals surface area (Å²) >= 11 is 1.86. The van der Waals surface area contributed by atoms with E-state index < -0.39 is 0 Å². The van der Waals surface area contributed by atoms with Crippen LogP contribution < -0.4 is 4.74 Å². The number of hydrogen-bond donors (Lipinski definition) is 0. The Kier molecular flexibility index (Phi) is 5.30. The van der Waals surface area contributed by atoms with Crippen molar-refractivity contribution in [1.82, 2.24) is 0 Å². The van der Waals surface area contributed by atoms with E-state index >= 15 is 0 Å². The van der Waals surface area contributed by atoms with Crippen LogP contribution in [0.3, 0.4) is 0 Å². The van der Waals surface area contributed by atoms with E-state index in [1.807, 2.05) is 30.0 Å². The van der Waals surface area contributed by atoms with E-state index in [1.54, 1.807) is 7.11 Å². The Hall–Kier alpha value is -1.92. The van der Waals surface area contributed by atoms with Crippen molar-refractivity contribution in [2.45, 2.75) is 25.4 Å². The van der Waals surface area contributed by atoms with Crippen LogP contribution in [0.1, 0.15) is 27.8 Å². The number of ether oxygens (including phenoxy) is 1. The lowest BCUT2D eigenvalue weighted by atomic mass is 10.1. The van der Waals surface area contributed by atoms with Gasteiger partial charge < -0.3 is 4.74 Å². The van der Waals surface area contributed by atoms with Gasteiger partial charge in [-0.25, -0.2) is 0 Å². The molecular formula is C18H19NOS. The van der Waals surface area contributed by atoms with Crippen molar-refractivity contribution >= 4 is 11.8 Å². The molecule has 2 aromatic carbocycles. The number of thioether (sulfide) groups is 1. The topological polar surface area (TPSA) is 33.0 Å². The van der Waals surface area contributed by atoms with Crippen LogP contribution in [0.2, 0.25) is 0 Å². The first kappa shape index (κ1) is 15.5. The van der Waals surface area contributed by atoms with E-state index in [1.165, 1.54) is 16.7 Å². The van der Waals surface area contributed by atoms with Crippen LogP contribution in [0.4, 0.5) is 0 Å². The minimum atomic E-state index is 0.599. The largest absolute Gasteiger partial charge is 0.495 e. The van der Waals surface area contributed by atoms with Crippen molar-refractivity contribution in [3.05, 3.63) is 64.2 Å². The van der Waals surface area contributed by atoms with E-state index in [0.29, 0.717) is 11.3 Å². The van der Waals surface area contributed by atoms with Crippen molar-refractivity contribution in [3.8, 4) is 11.8 Å². The fraction of sp³-hybridized carbons (Fsp3) is 0.278. The molecule has 0 aromatic heterocycles. The van der Waals surface area contributed by atoms with Gasteiger partial charge in [0.05, 0.1) is 12.7 Å². The zero-order valence-corrected chi connectivity index (χ0v) is 13.5. The molecule has 0 heterocycles. The van der Waals surface area contributed by atoms with Crippen LogP contribution in [-0.2, 0) is 11.5 Å². The lowest BCUT2D eigenvalue weighted by molar-refractivity contribution is 0.413. The second-order valence-electron chi connectivity index (χ2n) is 5.14. The van der Waals surface area contributed by atoms with Gasteiger partial charge in [0.15, 0.2) is 0 Å². The van der Waals surface area contributed by atoms with Crippen molar-refractivity contribution in [2.75, 3.05) is 7.11 Å². The molecule has 0 saturated heterocycles. The summed E-state index contributed by atoms with van der Waals surface area (Å²) in [4.78, 5) is 0. The first-order valence-corrected chi connectivity index (χ1v) is 8.00. The summed E-state index contributed by atoms with van der Waals surface area (Å²) in [5, 5.41) is 9.10. The molecule has 0 fully saturated rings. The van der Waals surface area contributed by atoms with Crippen LogP contribution in [-0.4, -0.2) is 7.11 Å². The van der Waals surface area contributed by atoms with Gasteiger partial charge >= 0.3 is 0 Å². The van der Waals surface area contributed by atoms with Gasteiger partial charge in [-0.3, -0.25) is 0 Å². The molecule has 3 heteroatoms. The monoisotopic (exact) mass is 297 g/mol. The lowest BCUT2D eigenvalue weighted by Crippen LogP contribution is -1.91. The van der Waals surface area contributed by atoms with Gasteiger partial charge in [-0.1, -0.05) is 35.4 Å². The smallest absolute Gasteiger partial charge is 0.136 e. The van der Waals surface area contributed by atoms with Crippen LogP contribution in [0.5, 0.6) is 5.75 Å². The highest BCUT2D eigenvalue weighted by Crippen LogP contribution is 2.24. The van der Waals surface area contributed by atoms with Gasteiger partial charge in [-0.2, -0.15) is 17.0 Å². The molecule has 2 nitrogen and oxygen atoms in total. The maximum Gasteiger partial charge on any atom is 0.136 e. The normalized spacial score (nSPS) is 10.2. The Labute approximate surface area is 130 Å². The number of aryl methyl sites for hydroxylation is 2. The number of benzene rings is 2. The van der Waals surface area contributed by atoms with E-state index in [2.05, 4.69) is 38.1 Å². The summed E-state index contributed by atoms with van der Waals surface area (Å²) in [5.74, 6) is 2.52. The standard InChI is InChI=1S/C18H19NOS/c1-13-6-14(2)8-16(7-13)12-21-11-15-4-5-18(20-3)17(9-15)10-19/h4-9H,11-12H2,1-3H3. The Bertz CT molecular complexity index is 653. The van der Waals surface area contributed by atoms with Gasteiger partial charge in [-0.05, 0) is 37.1 Å². The van der Waals surface area contributed by atoms with Gasteiger partial charge in [0, 0.05) is 11.5 Å². The molecule has 108 valence electrons. The lowest BCUT2D eigenvalue weighted by Gasteiger charge is -2.07. The highest BCUT2D eigenvalue weighted by molar-refractivity contribution is 7.97. The van der Waals surface area contributed by atoms with E-state index in [4.69, 9.17) is 10.00 Å². The molecular weight excluding hydrogens is 278 g/mol. The Balaban J connectivity index is 1.99. The van der Waals surface area contributed by atoms with Crippen molar-refractivity contribution in [1.29, 1.82) is 5.26 Å². The first-order chi connectivity index (χ1) is 10.1. The predicted molar refractivity (Wildman–Crippen MR) is 88.6 cm³/mol. The number of nitrogens with zero attached hydrogens (tertiary/aromatic N) is 1. The first-order valence-electron chi connectivity index (χ1n) is 6.84. The Morgan fingerprint density at radius 1 is 1.00 bits per heavy atom. The van der Waals surface area contributed by atoms with Gasteiger partial charge in [-0.15, -0.1) is 0 Å². The summed E-state index contributed by atoms with van der Waals surface area (Å²) in [5.41, 5.74) is 5.72. The Morgan fingerprint density at radius 2 is 1.67 bits per heavy atom. The van der Waals surface area contributed by atoms with E-state index in [-0.39, 0.29) is 0 Å². The third-order valence-electron chi connectivity index (χ3n) is 3.20. The summed E-state index contributed by atoms with van der Waals surface area (Å²) in [6.07, 6.45) is 0. The Morgan fingerprint density at radius 3 is 2.29 bits per heavy atom. The molecule has 0 amide bonds. The number of hydrogen-bond acceptors (Lipinski definition) is 3. The van der Waals surface area contributed by atoms with Gasteiger partial charge in [0.1, 0.15) is 11.8 Å². The summed E-state index contributed by atoms with van der Waals surface area (Å²) in [6.45, 7) is 4.26. The second-order valence-corrected chi connectivity index (χ2v) is 6.12. The second kappa shape index (κ2) is 7.19. The van der Waals surface area contributed by atoms with Crippen LogP contribution in [0.25, 0.3) is 0 Å². The van der Waals surface area contributed by atoms with Crippen LogP contribution in [0.15, 0.2) is 36.4 Å². The maximum atomic E-state index is 9.10. The quantitative estimate of drug-likeness (QED) is 0.807. The van der Waals surface area contributed by atoms with Crippen LogP contribution in [0, 0.1) is 25.2 Å².